The molecular weight excluding hydrogens is 422 g/mol. The first-order valence-electron chi connectivity index (χ1n) is 11.0. The fourth-order valence-corrected chi connectivity index (χ4v) is 4.73. The van der Waals surface area contributed by atoms with Crippen molar-refractivity contribution >= 4 is 16.6 Å². The lowest BCUT2D eigenvalue weighted by atomic mass is 9.81. The number of aromatic nitrogens is 2. The first-order chi connectivity index (χ1) is 15.8. The smallest absolute Gasteiger partial charge is 0.140 e. The molecule has 2 atom stereocenters. The normalized spacial score (nSPS) is 19.3. The van der Waals surface area contributed by atoms with Gasteiger partial charge in [-0.15, -0.1) is 0 Å². The van der Waals surface area contributed by atoms with E-state index in [1.54, 1.807) is 24.5 Å². The predicted octanol–water partition coefficient (Wildman–Crippen LogP) is 5.21. The third-order valence-corrected chi connectivity index (χ3v) is 6.52. The van der Waals surface area contributed by atoms with E-state index < -0.39 is 29.3 Å². The molecule has 2 aromatic carbocycles. The zero-order chi connectivity index (χ0) is 23.3. The lowest BCUT2D eigenvalue weighted by Gasteiger charge is -2.44. The van der Waals surface area contributed by atoms with Gasteiger partial charge in [-0.2, -0.15) is 0 Å². The van der Waals surface area contributed by atoms with Gasteiger partial charge >= 0.3 is 0 Å². The Balaban J connectivity index is 1.66. The molecule has 0 saturated heterocycles. The molecule has 3 heterocycles. The molecule has 7 heteroatoms. The van der Waals surface area contributed by atoms with E-state index in [0.29, 0.717) is 23.3 Å². The topological polar surface area (TPSA) is 73.0 Å². The third-order valence-electron chi connectivity index (χ3n) is 6.52. The minimum atomic E-state index is -0.960. The molecule has 1 aliphatic rings. The number of aromatic amines is 1. The average molecular weight is 449 g/mol. The Kier molecular flexibility index (Phi) is 5.18. The Morgan fingerprint density at radius 2 is 2.00 bits per heavy atom. The average Bonchev–Trinajstić information content (AvgIpc) is 3.16. The van der Waals surface area contributed by atoms with Crippen molar-refractivity contribution in [3.05, 3.63) is 83.3 Å². The van der Waals surface area contributed by atoms with Gasteiger partial charge in [0, 0.05) is 47.3 Å². The summed E-state index contributed by atoms with van der Waals surface area (Å²) >= 11 is 0. The molecule has 0 fully saturated rings. The van der Waals surface area contributed by atoms with Crippen molar-refractivity contribution in [1.82, 2.24) is 15.3 Å². The van der Waals surface area contributed by atoms with Crippen LogP contribution in [0.5, 0.6) is 0 Å². The highest BCUT2D eigenvalue weighted by Gasteiger charge is 2.43. The van der Waals surface area contributed by atoms with Crippen molar-refractivity contribution < 1.29 is 13.9 Å². The standard InChI is InChI=1S/C26H26F2N4O/c1-14-11-30-23-16(14)7-4-8-17(23)20-18(27)10-19-21(22(20)28)24(25(33)26(2,3)32-19)31-13-15-6-5-9-29-12-15/h4-12,24-25,30-33H,13H2,1-3H3/t24-,25?/m0/s1. The third kappa shape index (κ3) is 3.57. The van der Waals surface area contributed by atoms with Gasteiger partial charge in [0.1, 0.15) is 11.6 Å². The zero-order valence-corrected chi connectivity index (χ0v) is 18.7. The number of benzene rings is 2. The quantitative estimate of drug-likeness (QED) is 0.346. The second kappa shape index (κ2) is 7.93. The summed E-state index contributed by atoms with van der Waals surface area (Å²) in [7, 11) is 0. The van der Waals surface area contributed by atoms with Crippen LogP contribution in [0.2, 0.25) is 0 Å². The monoisotopic (exact) mass is 448 g/mol. The molecule has 33 heavy (non-hydrogen) atoms. The first-order valence-corrected chi connectivity index (χ1v) is 11.0. The van der Waals surface area contributed by atoms with Gasteiger partial charge in [0.15, 0.2) is 0 Å². The molecule has 170 valence electrons. The molecule has 0 amide bonds. The van der Waals surface area contributed by atoms with Gasteiger partial charge in [-0.05, 0) is 44.0 Å². The van der Waals surface area contributed by atoms with Gasteiger partial charge in [-0.1, -0.05) is 24.3 Å². The summed E-state index contributed by atoms with van der Waals surface area (Å²) in [6.45, 7) is 5.95. The first kappa shape index (κ1) is 21.6. The molecule has 5 rings (SSSR count). The van der Waals surface area contributed by atoms with E-state index in [4.69, 9.17) is 0 Å². The highest BCUT2D eigenvalue weighted by Crippen LogP contribution is 2.44. The number of anilines is 1. The Bertz CT molecular complexity index is 1330. The molecule has 0 aliphatic carbocycles. The molecule has 4 N–H and O–H groups in total. The molecular formula is C26H26F2N4O. The Morgan fingerprint density at radius 1 is 1.18 bits per heavy atom. The second-order valence-electron chi connectivity index (χ2n) is 9.22. The fraction of sp³-hybridized carbons (Fsp3) is 0.269. The van der Waals surface area contributed by atoms with E-state index in [1.165, 1.54) is 6.07 Å². The number of nitrogens with zero attached hydrogens (tertiary/aromatic N) is 1. The van der Waals surface area contributed by atoms with Crippen molar-refractivity contribution in [2.75, 3.05) is 5.32 Å². The van der Waals surface area contributed by atoms with Crippen LogP contribution in [0.15, 0.2) is 55.0 Å². The number of para-hydroxylation sites is 1. The van der Waals surface area contributed by atoms with Gasteiger partial charge in [-0.25, -0.2) is 8.78 Å². The summed E-state index contributed by atoms with van der Waals surface area (Å²) in [6, 6.07) is 9.73. The Labute approximate surface area is 190 Å². The number of aryl methyl sites for hydroxylation is 1. The maximum atomic E-state index is 16.2. The van der Waals surface area contributed by atoms with Gasteiger partial charge in [0.05, 0.1) is 28.8 Å². The van der Waals surface area contributed by atoms with Crippen molar-refractivity contribution in [2.45, 2.75) is 45.0 Å². The number of rotatable bonds is 4. The molecule has 4 aromatic rings. The predicted molar refractivity (Wildman–Crippen MR) is 126 cm³/mol. The molecule has 2 aromatic heterocycles. The van der Waals surface area contributed by atoms with Crippen molar-refractivity contribution in [3.8, 4) is 11.1 Å². The molecule has 0 radical (unpaired) electrons. The van der Waals surface area contributed by atoms with Crippen molar-refractivity contribution in [2.24, 2.45) is 0 Å². The Hall–Kier alpha value is -3.29. The van der Waals surface area contributed by atoms with E-state index in [0.717, 1.165) is 16.5 Å². The largest absolute Gasteiger partial charge is 0.389 e. The number of hydrogen-bond acceptors (Lipinski definition) is 4. The van der Waals surface area contributed by atoms with Gasteiger partial charge in [0.25, 0.3) is 0 Å². The van der Waals surface area contributed by atoms with Crippen LogP contribution < -0.4 is 10.6 Å². The number of H-pyrrole nitrogens is 1. The number of hydrogen-bond donors (Lipinski definition) is 4. The number of nitrogens with one attached hydrogen (secondary N) is 3. The van der Waals surface area contributed by atoms with E-state index in [-0.39, 0.29) is 11.1 Å². The minimum absolute atomic E-state index is 0.108. The van der Waals surface area contributed by atoms with Crippen LogP contribution in [0, 0.1) is 18.6 Å². The van der Waals surface area contributed by atoms with Crippen LogP contribution in [-0.2, 0) is 6.54 Å². The molecule has 0 saturated carbocycles. The van der Waals surface area contributed by atoms with E-state index in [9.17, 15) is 5.11 Å². The highest BCUT2D eigenvalue weighted by atomic mass is 19.1. The van der Waals surface area contributed by atoms with Crippen LogP contribution in [0.3, 0.4) is 0 Å². The maximum Gasteiger partial charge on any atom is 0.140 e. The van der Waals surface area contributed by atoms with Crippen LogP contribution in [0.1, 0.15) is 36.6 Å². The lowest BCUT2D eigenvalue weighted by Crippen LogP contribution is -2.54. The molecule has 1 aliphatic heterocycles. The van der Waals surface area contributed by atoms with Crippen LogP contribution in [0.4, 0.5) is 14.5 Å². The fourth-order valence-electron chi connectivity index (χ4n) is 4.73. The second-order valence-corrected chi connectivity index (χ2v) is 9.22. The van der Waals surface area contributed by atoms with E-state index in [1.807, 2.05) is 45.2 Å². The summed E-state index contributed by atoms with van der Waals surface area (Å²) in [6.07, 6.45) is 4.26. The molecule has 0 bridgehead atoms. The summed E-state index contributed by atoms with van der Waals surface area (Å²) in [5.41, 5.74) is 2.68. The minimum Gasteiger partial charge on any atom is -0.389 e. The van der Waals surface area contributed by atoms with E-state index in [2.05, 4.69) is 20.6 Å². The summed E-state index contributed by atoms with van der Waals surface area (Å²) in [5.74, 6) is -1.34. The van der Waals surface area contributed by atoms with Crippen molar-refractivity contribution in [1.29, 1.82) is 0 Å². The molecule has 0 spiro atoms. The number of fused-ring (bicyclic) bond motifs is 2. The number of aliphatic hydroxyl groups is 1. The van der Waals surface area contributed by atoms with Gasteiger partial charge in [0.2, 0.25) is 0 Å². The highest BCUT2D eigenvalue weighted by molar-refractivity contribution is 5.96. The summed E-state index contributed by atoms with van der Waals surface area (Å²) in [4.78, 5) is 7.26. The summed E-state index contributed by atoms with van der Waals surface area (Å²) < 4.78 is 31.6. The lowest BCUT2D eigenvalue weighted by molar-refractivity contribution is 0.0663. The molecule has 5 nitrogen and oxygen atoms in total. The maximum absolute atomic E-state index is 16.2. The number of pyridine rings is 1. The van der Waals surface area contributed by atoms with E-state index >= 15 is 8.78 Å². The SMILES string of the molecule is Cc1c[nH]c2c(-c3c(F)cc4c(c3F)[C@H](NCc3cccnc3)C(O)C(C)(C)N4)cccc12. The number of halogens is 2. The zero-order valence-electron chi connectivity index (χ0n) is 18.7. The van der Waals surface area contributed by atoms with Crippen LogP contribution in [-0.4, -0.2) is 26.7 Å². The molecule has 1 unspecified atom stereocenters. The number of aliphatic hydroxyl groups excluding tert-OH is 1. The summed E-state index contributed by atoms with van der Waals surface area (Å²) in [5, 5.41) is 18.5. The van der Waals surface area contributed by atoms with Gasteiger partial charge in [-0.3, -0.25) is 4.98 Å². The van der Waals surface area contributed by atoms with Gasteiger partial charge < -0.3 is 20.7 Å². The van der Waals surface area contributed by atoms with Crippen LogP contribution >= 0.6 is 0 Å². The Morgan fingerprint density at radius 3 is 2.76 bits per heavy atom. The van der Waals surface area contributed by atoms with Crippen LogP contribution in [0.25, 0.3) is 22.0 Å². The van der Waals surface area contributed by atoms with Crippen molar-refractivity contribution in [3.63, 3.8) is 0 Å².